The largest absolute Gasteiger partial charge is 0.497 e. The van der Waals surface area contributed by atoms with Crippen molar-refractivity contribution < 1.29 is 14.3 Å². The number of ether oxygens (including phenoxy) is 2. The highest BCUT2D eigenvalue weighted by Crippen LogP contribution is 2.32. The second-order valence-corrected chi connectivity index (χ2v) is 6.97. The van der Waals surface area contributed by atoms with E-state index in [9.17, 15) is 4.79 Å². The molecule has 1 heterocycles. The van der Waals surface area contributed by atoms with Crippen molar-refractivity contribution in [2.24, 2.45) is 4.99 Å². The molecule has 0 aromatic heterocycles. The van der Waals surface area contributed by atoms with Crippen molar-refractivity contribution in [3.05, 3.63) is 58.0 Å². The lowest BCUT2D eigenvalue weighted by Gasteiger charge is -2.07. The molecule has 1 N–H and O–H groups in total. The molecule has 1 fully saturated rings. The molecule has 5 nitrogen and oxygen atoms in total. The van der Waals surface area contributed by atoms with E-state index >= 15 is 0 Å². The van der Waals surface area contributed by atoms with Crippen molar-refractivity contribution in [3.63, 3.8) is 0 Å². The Morgan fingerprint density at radius 2 is 1.77 bits per heavy atom. The molecule has 0 radical (unpaired) electrons. The number of aryl methyl sites for hydroxylation is 2. The summed E-state index contributed by atoms with van der Waals surface area (Å²) in [5.74, 6) is 1.17. The van der Waals surface area contributed by atoms with Gasteiger partial charge >= 0.3 is 0 Å². The maximum Gasteiger partial charge on any atom is 0.264 e. The Labute approximate surface area is 157 Å². The molecule has 134 valence electrons. The van der Waals surface area contributed by atoms with E-state index in [1.165, 1.54) is 11.8 Å². The zero-order valence-electron chi connectivity index (χ0n) is 15.1. The van der Waals surface area contributed by atoms with Crippen LogP contribution in [0.15, 0.2) is 46.3 Å². The highest BCUT2D eigenvalue weighted by atomic mass is 32.2. The number of hydrogen-bond acceptors (Lipinski definition) is 5. The van der Waals surface area contributed by atoms with Gasteiger partial charge in [0.25, 0.3) is 5.91 Å². The summed E-state index contributed by atoms with van der Waals surface area (Å²) in [6, 6.07) is 11.5. The third-order valence-electron chi connectivity index (χ3n) is 3.82. The van der Waals surface area contributed by atoms with E-state index in [2.05, 4.69) is 16.4 Å². The molecule has 0 atom stereocenters. The Bertz CT molecular complexity index is 899. The molecule has 6 heteroatoms. The molecular formula is C20H20N2O3S. The van der Waals surface area contributed by atoms with E-state index < -0.39 is 0 Å². The van der Waals surface area contributed by atoms with Crippen molar-refractivity contribution >= 4 is 34.6 Å². The van der Waals surface area contributed by atoms with Gasteiger partial charge in [-0.2, -0.15) is 0 Å². The number of amides is 1. The lowest BCUT2D eigenvalue weighted by Crippen LogP contribution is -2.19. The summed E-state index contributed by atoms with van der Waals surface area (Å²) in [5, 5.41) is 3.38. The Hall–Kier alpha value is -2.73. The van der Waals surface area contributed by atoms with Gasteiger partial charge in [0, 0.05) is 11.6 Å². The van der Waals surface area contributed by atoms with Crippen molar-refractivity contribution in [1.29, 1.82) is 0 Å². The summed E-state index contributed by atoms with van der Waals surface area (Å²) in [4.78, 5) is 17.4. The van der Waals surface area contributed by atoms with E-state index in [0.717, 1.165) is 22.4 Å². The Kier molecular flexibility index (Phi) is 5.32. The number of rotatable bonds is 4. The fraction of sp³-hybridized carbons (Fsp3) is 0.200. The summed E-state index contributed by atoms with van der Waals surface area (Å²) >= 11 is 1.31. The summed E-state index contributed by atoms with van der Waals surface area (Å²) < 4.78 is 10.6. The molecule has 0 bridgehead atoms. The van der Waals surface area contributed by atoms with Gasteiger partial charge in [0.15, 0.2) is 5.17 Å². The zero-order valence-corrected chi connectivity index (χ0v) is 15.9. The van der Waals surface area contributed by atoms with Crippen molar-refractivity contribution in [2.75, 3.05) is 14.2 Å². The molecule has 1 amide bonds. The van der Waals surface area contributed by atoms with Gasteiger partial charge in [-0.25, -0.2) is 4.99 Å². The molecule has 2 aromatic carbocycles. The SMILES string of the molecule is COc1ccc(/C=C2/SC(=Nc3cc(C)cc(C)c3)NC2=O)c(OC)c1. The monoisotopic (exact) mass is 368 g/mol. The Morgan fingerprint density at radius 3 is 2.42 bits per heavy atom. The van der Waals surface area contributed by atoms with Gasteiger partial charge in [0.1, 0.15) is 11.5 Å². The van der Waals surface area contributed by atoms with Crippen LogP contribution in [0.5, 0.6) is 11.5 Å². The third-order valence-corrected chi connectivity index (χ3v) is 4.73. The molecule has 0 saturated carbocycles. The minimum atomic E-state index is -0.170. The summed E-state index contributed by atoms with van der Waals surface area (Å²) in [6.07, 6.45) is 1.79. The van der Waals surface area contributed by atoms with Gasteiger partial charge in [0.2, 0.25) is 0 Å². The zero-order chi connectivity index (χ0) is 18.7. The number of nitrogens with one attached hydrogen (secondary N) is 1. The summed E-state index contributed by atoms with van der Waals surface area (Å²) in [5.41, 5.74) is 3.90. The van der Waals surface area contributed by atoms with E-state index in [4.69, 9.17) is 9.47 Å². The van der Waals surface area contributed by atoms with E-state index in [-0.39, 0.29) is 5.91 Å². The molecule has 1 aliphatic heterocycles. The van der Waals surface area contributed by atoms with E-state index in [1.807, 2.05) is 38.1 Å². The lowest BCUT2D eigenvalue weighted by atomic mass is 10.1. The molecule has 0 aliphatic carbocycles. The van der Waals surface area contributed by atoms with Crippen LogP contribution in [-0.4, -0.2) is 25.3 Å². The molecule has 0 spiro atoms. The number of benzene rings is 2. The minimum Gasteiger partial charge on any atom is -0.497 e. The first-order valence-corrected chi connectivity index (χ1v) is 8.90. The number of methoxy groups -OCH3 is 2. The number of nitrogens with zero attached hydrogens (tertiary/aromatic N) is 1. The Balaban J connectivity index is 1.88. The van der Waals surface area contributed by atoms with Crippen LogP contribution in [-0.2, 0) is 4.79 Å². The topological polar surface area (TPSA) is 59.9 Å². The van der Waals surface area contributed by atoms with Crippen LogP contribution >= 0.6 is 11.8 Å². The van der Waals surface area contributed by atoms with E-state index in [1.54, 1.807) is 26.4 Å². The fourth-order valence-corrected chi connectivity index (χ4v) is 3.52. The molecule has 0 unspecified atom stereocenters. The molecule has 26 heavy (non-hydrogen) atoms. The second kappa shape index (κ2) is 7.66. The van der Waals surface area contributed by atoms with Gasteiger partial charge in [-0.3, -0.25) is 4.79 Å². The average molecular weight is 368 g/mol. The van der Waals surface area contributed by atoms with Crippen LogP contribution in [0, 0.1) is 13.8 Å². The normalized spacial score (nSPS) is 16.8. The molecule has 1 saturated heterocycles. The number of thioether (sulfide) groups is 1. The fourth-order valence-electron chi connectivity index (χ4n) is 2.69. The molecule has 2 aromatic rings. The predicted octanol–water partition coefficient (Wildman–Crippen LogP) is 4.21. The lowest BCUT2D eigenvalue weighted by molar-refractivity contribution is -0.115. The average Bonchev–Trinajstić information content (AvgIpc) is 2.93. The van der Waals surface area contributed by atoms with Crippen LogP contribution in [0.3, 0.4) is 0 Å². The van der Waals surface area contributed by atoms with Gasteiger partial charge in [0.05, 0.1) is 24.8 Å². The summed E-state index contributed by atoms with van der Waals surface area (Å²) in [6.45, 7) is 4.05. The van der Waals surface area contributed by atoms with Crippen molar-refractivity contribution in [3.8, 4) is 11.5 Å². The maximum atomic E-state index is 12.3. The number of aliphatic imine (C=N–C) groups is 1. The predicted molar refractivity (Wildman–Crippen MR) is 106 cm³/mol. The summed E-state index contributed by atoms with van der Waals surface area (Å²) in [7, 11) is 3.19. The molecule has 1 aliphatic rings. The van der Waals surface area contributed by atoms with E-state index in [0.29, 0.717) is 21.6 Å². The smallest absolute Gasteiger partial charge is 0.264 e. The highest BCUT2D eigenvalue weighted by molar-refractivity contribution is 8.18. The van der Waals surface area contributed by atoms with Gasteiger partial charge in [-0.1, -0.05) is 6.07 Å². The number of carbonyl (C=O) groups excluding carboxylic acids is 1. The first-order chi connectivity index (χ1) is 12.5. The second-order valence-electron chi connectivity index (χ2n) is 5.94. The number of hydrogen-bond donors (Lipinski definition) is 1. The maximum absolute atomic E-state index is 12.3. The van der Waals surface area contributed by atoms with Crippen LogP contribution in [0.4, 0.5) is 5.69 Å². The highest BCUT2D eigenvalue weighted by Gasteiger charge is 2.24. The standard InChI is InChI=1S/C20H20N2O3S/c1-12-7-13(2)9-15(8-12)21-20-22-19(23)18(26-20)10-14-5-6-16(24-3)11-17(14)25-4/h5-11H,1-4H3,(H,21,22,23)/b18-10+. The number of amidine groups is 1. The van der Waals surface area contributed by atoms with Crippen LogP contribution in [0.25, 0.3) is 6.08 Å². The van der Waals surface area contributed by atoms with Crippen LogP contribution < -0.4 is 14.8 Å². The first kappa shape index (κ1) is 18.1. The van der Waals surface area contributed by atoms with Gasteiger partial charge in [-0.15, -0.1) is 0 Å². The quantitative estimate of drug-likeness (QED) is 0.821. The van der Waals surface area contributed by atoms with Crippen molar-refractivity contribution in [2.45, 2.75) is 13.8 Å². The van der Waals surface area contributed by atoms with Crippen LogP contribution in [0.2, 0.25) is 0 Å². The van der Waals surface area contributed by atoms with Crippen molar-refractivity contribution in [1.82, 2.24) is 5.32 Å². The number of carbonyl (C=O) groups is 1. The molecular weight excluding hydrogens is 348 g/mol. The Morgan fingerprint density at radius 1 is 1.04 bits per heavy atom. The minimum absolute atomic E-state index is 0.170. The third kappa shape index (κ3) is 4.08. The van der Waals surface area contributed by atoms with Gasteiger partial charge in [-0.05, 0) is 67.1 Å². The van der Waals surface area contributed by atoms with Crippen LogP contribution in [0.1, 0.15) is 16.7 Å². The van der Waals surface area contributed by atoms with Gasteiger partial charge < -0.3 is 14.8 Å². The first-order valence-electron chi connectivity index (χ1n) is 8.08. The molecule has 3 rings (SSSR count).